The number of rotatable bonds is 7. The van der Waals surface area contributed by atoms with Crippen LogP contribution in [0.4, 0.5) is 0 Å². The summed E-state index contributed by atoms with van der Waals surface area (Å²) in [6, 6.07) is 5.23. The summed E-state index contributed by atoms with van der Waals surface area (Å²) in [4.78, 5) is 10.5. The van der Waals surface area contributed by atoms with E-state index in [4.69, 9.17) is 14.6 Å². The molecule has 1 aliphatic heterocycles. The Balaban J connectivity index is 2.09. The molecule has 1 unspecified atom stereocenters. The first-order chi connectivity index (χ1) is 10.4. The Bertz CT molecular complexity index is 643. The minimum Gasteiger partial charge on any atom is -0.482 e. The Kier molecular flexibility index (Phi) is 5.38. The normalized spacial score (nSPS) is 17.8. The van der Waals surface area contributed by atoms with Crippen LogP contribution in [-0.4, -0.2) is 45.0 Å². The fourth-order valence-electron chi connectivity index (χ4n) is 2.22. The van der Waals surface area contributed by atoms with Crippen LogP contribution < -0.4 is 9.46 Å². The standard InChI is InChI=1S/C14H19NO6S/c1-2-22(18,19)15-8-13-12-4-3-11(21-9-14(16)17)7-10(12)5-6-20-13/h3-4,7,13,15H,2,5-6,8-9H2,1H3,(H,16,17). The predicted molar refractivity (Wildman–Crippen MR) is 79.4 cm³/mol. The van der Waals surface area contributed by atoms with E-state index in [1.54, 1.807) is 25.1 Å². The summed E-state index contributed by atoms with van der Waals surface area (Å²) < 4.78 is 36.3. The zero-order valence-corrected chi connectivity index (χ0v) is 13.1. The van der Waals surface area contributed by atoms with Crippen molar-refractivity contribution >= 4 is 16.0 Å². The van der Waals surface area contributed by atoms with Crippen LogP contribution in [-0.2, 0) is 26.0 Å². The van der Waals surface area contributed by atoms with Gasteiger partial charge >= 0.3 is 5.97 Å². The van der Waals surface area contributed by atoms with Crippen molar-refractivity contribution < 1.29 is 27.8 Å². The molecule has 1 aromatic carbocycles. The average Bonchev–Trinajstić information content (AvgIpc) is 2.50. The summed E-state index contributed by atoms with van der Waals surface area (Å²) in [7, 11) is -3.27. The second-order valence-corrected chi connectivity index (χ2v) is 7.00. The first-order valence-corrected chi connectivity index (χ1v) is 8.63. The predicted octanol–water partition coefficient (Wildman–Crippen LogP) is 0.703. The molecule has 0 fully saturated rings. The Morgan fingerprint density at radius 3 is 2.95 bits per heavy atom. The number of fused-ring (bicyclic) bond motifs is 1. The molecule has 0 bridgehead atoms. The van der Waals surface area contributed by atoms with Gasteiger partial charge in [-0.25, -0.2) is 17.9 Å². The quantitative estimate of drug-likeness (QED) is 0.763. The molecule has 22 heavy (non-hydrogen) atoms. The number of nitrogens with one attached hydrogen (secondary N) is 1. The van der Waals surface area contributed by atoms with Crippen LogP contribution in [0.25, 0.3) is 0 Å². The van der Waals surface area contributed by atoms with Crippen LogP contribution in [0.5, 0.6) is 5.75 Å². The van der Waals surface area contributed by atoms with E-state index in [0.29, 0.717) is 18.8 Å². The highest BCUT2D eigenvalue weighted by Gasteiger charge is 2.23. The van der Waals surface area contributed by atoms with Crippen molar-refractivity contribution in [1.82, 2.24) is 4.72 Å². The molecule has 8 heteroatoms. The minimum absolute atomic E-state index is 0.0224. The number of aliphatic carboxylic acids is 1. The summed E-state index contributed by atoms with van der Waals surface area (Å²) in [5, 5.41) is 8.61. The van der Waals surface area contributed by atoms with E-state index in [-0.39, 0.29) is 18.4 Å². The number of ether oxygens (including phenoxy) is 2. The molecular weight excluding hydrogens is 310 g/mol. The maximum atomic E-state index is 11.5. The Labute approximate surface area is 129 Å². The molecule has 122 valence electrons. The molecule has 0 radical (unpaired) electrons. The van der Waals surface area contributed by atoms with Crippen molar-refractivity contribution in [2.75, 3.05) is 25.5 Å². The summed E-state index contributed by atoms with van der Waals surface area (Å²) >= 11 is 0. The number of sulfonamides is 1. The fraction of sp³-hybridized carbons (Fsp3) is 0.500. The van der Waals surface area contributed by atoms with Gasteiger partial charge in [-0.1, -0.05) is 6.07 Å². The average molecular weight is 329 g/mol. The van der Waals surface area contributed by atoms with Crippen molar-refractivity contribution in [3.63, 3.8) is 0 Å². The van der Waals surface area contributed by atoms with E-state index in [1.807, 2.05) is 0 Å². The van der Waals surface area contributed by atoms with E-state index < -0.39 is 22.6 Å². The largest absolute Gasteiger partial charge is 0.482 e. The van der Waals surface area contributed by atoms with Gasteiger partial charge in [0.1, 0.15) is 5.75 Å². The molecule has 2 N–H and O–H groups in total. The molecule has 1 aliphatic rings. The van der Waals surface area contributed by atoms with Crippen LogP contribution in [0.3, 0.4) is 0 Å². The van der Waals surface area contributed by atoms with Gasteiger partial charge in [-0.05, 0) is 36.6 Å². The summed E-state index contributed by atoms with van der Waals surface area (Å²) in [5.74, 6) is -0.530. The molecule has 1 atom stereocenters. The highest BCUT2D eigenvalue weighted by molar-refractivity contribution is 7.89. The Morgan fingerprint density at radius 2 is 2.27 bits per heavy atom. The van der Waals surface area contributed by atoms with Gasteiger partial charge in [0, 0.05) is 6.54 Å². The third-order valence-corrected chi connectivity index (χ3v) is 4.75. The fourth-order valence-corrected chi connectivity index (χ4v) is 2.83. The van der Waals surface area contributed by atoms with E-state index in [2.05, 4.69) is 4.72 Å². The third kappa shape index (κ3) is 4.43. The second-order valence-electron chi connectivity index (χ2n) is 4.90. The van der Waals surface area contributed by atoms with Crippen molar-refractivity contribution in [2.45, 2.75) is 19.4 Å². The molecule has 7 nitrogen and oxygen atoms in total. The maximum absolute atomic E-state index is 11.5. The highest BCUT2D eigenvalue weighted by Crippen LogP contribution is 2.29. The molecule has 1 aromatic rings. The lowest BCUT2D eigenvalue weighted by Crippen LogP contribution is -2.32. The van der Waals surface area contributed by atoms with Crippen molar-refractivity contribution in [1.29, 1.82) is 0 Å². The van der Waals surface area contributed by atoms with Gasteiger partial charge in [0.05, 0.1) is 18.5 Å². The number of hydrogen-bond donors (Lipinski definition) is 2. The zero-order chi connectivity index (χ0) is 16.2. The molecular formula is C14H19NO6S. The monoisotopic (exact) mass is 329 g/mol. The first-order valence-electron chi connectivity index (χ1n) is 6.97. The second kappa shape index (κ2) is 7.08. The SMILES string of the molecule is CCS(=O)(=O)NCC1OCCc2cc(OCC(=O)O)ccc21. The van der Waals surface area contributed by atoms with Crippen molar-refractivity contribution in [3.8, 4) is 5.75 Å². The van der Waals surface area contributed by atoms with Gasteiger partial charge in [-0.2, -0.15) is 0 Å². The molecule has 0 saturated heterocycles. The maximum Gasteiger partial charge on any atom is 0.341 e. The first kappa shape index (κ1) is 16.7. The van der Waals surface area contributed by atoms with Gasteiger partial charge in [0.2, 0.25) is 10.0 Å². The molecule has 0 aromatic heterocycles. The summed E-state index contributed by atoms with van der Waals surface area (Å²) in [6.07, 6.45) is 0.329. The van der Waals surface area contributed by atoms with Crippen LogP contribution in [0.15, 0.2) is 18.2 Å². The van der Waals surface area contributed by atoms with Crippen LogP contribution in [0.2, 0.25) is 0 Å². The molecule has 1 heterocycles. The molecule has 0 saturated carbocycles. The highest BCUT2D eigenvalue weighted by atomic mass is 32.2. The zero-order valence-electron chi connectivity index (χ0n) is 12.2. The lowest BCUT2D eigenvalue weighted by atomic mass is 9.97. The number of carbonyl (C=O) groups is 1. The number of benzene rings is 1. The number of hydrogen-bond acceptors (Lipinski definition) is 5. The van der Waals surface area contributed by atoms with E-state index in [0.717, 1.165) is 11.1 Å². The Hall–Kier alpha value is -1.64. The van der Waals surface area contributed by atoms with E-state index >= 15 is 0 Å². The molecule has 2 rings (SSSR count). The van der Waals surface area contributed by atoms with E-state index in [9.17, 15) is 13.2 Å². The van der Waals surface area contributed by atoms with Crippen LogP contribution >= 0.6 is 0 Å². The van der Waals surface area contributed by atoms with Gasteiger partial charge in [0.15, 0.2) is 6.61 Å². The summed E-state index contributed by atoms with van der Waals surface area (Å²) in [5.41, 5.74) is 1.88. The third-order valence-electron chi connectivity index (χ3n) is 3.38. The lowest BCUT2D eigenvalue weighted by molar-refractivity contribution is -0.139. The molecule has 0 spiro atoms. The van der Waals surface area contributed by atoms with Gasteiger partial charge in [-0.15, -0.1) is 0 Å². The van der Waals surface area contributed by atoms with Gasteiger partial charge in [0.25, 0.3) is 0 Å². The topological polar surface area (TPSA) is 102 Å². The number of carboxylic acids is 1. The van der Waals surface area contributed by atoms with E-state index in [1.165, 1.54) is 0 Å². The van der Waals surface area contributed by atoms with Crippen LogP contribution in [0, 0.1) is 0 Å². The Morgan fingerprint density at radius 1 is 1.50 bits per heavy atom. The smallest absolute Gasteiger partial charge is 0.341 e. The molecule has 0 amide bonds. The van der Waals surface area contributed by atoms with Crippen LogP contribution in [0.1, 0.15) is 24.2 Å². The van der Waals surface area contributed by atoms with Crippen molar-refractivity contribution in [3.05, 3.63) is 29.3 Å². The minimum atomic E-state index is -3.27. The van der Waals surface area contributed by atoms with Crippen molar-refractivity contribution in [2.24, 2.45) is 0 Å². The number of carboxylic acid groups (broad SMARTS) is 1. The van der Waals surface area contributed by atoms with Gasteiger partial charge < -0.3 is 14.6 Å². The van der Waals surface area contributed by atoms with Gasteiger partial charge in [-0.3, -0.25) is 0 Å². The lowest BCUT2D eigenvalue weighted by Gasteiger charge is -2.26. The summed E-state index contributed by atoms with van der Waals surface area (Å²) in [6.45, 7) is 1.84. The molecule has 0 aliphatic carbocycles.